The predicted molar refractivity (Wildman–Crippen MR) is 306 cm³/mol. The molecule has 0 unspecified atom stereocenters. The van der Waals surface area contributed by atoms with Crippen molar-refractivity contribution in [2.24, 2.45) is 5.14 Å². The third-order valence-corrected chi connectivity index (χ3v) is 14.7. The summed E-state index contributed by atoms with van der Waals surface area (Å²) in [6.07, 6.45) is 0. The van der Waals surface area contributed by atoms with Crippen LogP contribution in [0, 0.1) is 11.6 Å². The van der Waals surface area contributed by atoms with Crippen molar-refractivity contribution >= 4 is 127 Å². The van der Waals surface area contributed by atoms with Crippen LogP contribution in [0.15, 0.2) is 227 Å². The van der Waals surface area contributed by atoms with Gasteiger partial charge in [-0.3, -0.25) is 9.44 Å². The second-order valence-corrected chi connectivity index (χ2v) is 21.9. The molecule has 0 saturated heterocycles. The number of anilines is 5. The van der Waals surface area contributed by atoms with Crippen molar-refractivity contribution < 1.29 is 34.0 Å². The van der Waals surface area contributed by atoms with Gasteiger partial charge < -0.3 is 11.1 Å². The Morgan fingerprint density at radius 2 is 0.658 bits per heavy atom. The van der Waals surface area contributed by atoms with Gasteiger partial charge in [0.2, 0.25) is 10.0 Å². The minimum absolute atomic E-state index is 0.00760. The first-order chi connectivity index (χ1) is 37.7. The summed E-state index contributed by atoms with van der Waals surface area (Å²) >= 11 is 17.4. The molecule has 11 rings (SSSR count). The number of nitrogens with two attached hydrogens (primary N) is 2. The molecule has 0 atom stereocenters. The van der Waals surface area contributed by atoms with E-state index in [1.807, 2.05) is 30.3 Å². The lowest BCUT2D eigenvalue weighted by atomic mass is 10.3. The number of rotatable bonds is 9. The number of halogens is 5. The molecule has 0 amide bonds. The molecule has 8 aromatic carbocycles. The van der Waals surface area contributed by atoms with E-state index in [9.17, 15) is 34.0 Å². The standard InChI is InChI=1S/C20H15FN4O2S.C14H10ClN3O2S.C8H4Cl2N2.C6H6FN.C6H7NO2S/c21-14-10-12-15(13-11-14)22-19-20(24-18-9-5-4-8-17(18)23-19)25-28(26,27)16-6-2-1-3-7-16;15-13-14(17-12-9-5-4-8-11(12)16-13)18-21(19,20)10-6-2-1-3-7-10;9-7-8(10)12-6-4-2-1-3-5(6)11-7;7-5-1-3-6(8)4-2-5;7-10(8,9)6-4-2-1-3-5-6/h1-13H,(H,22,23)(H,24,25);1-9H,(H,17,18);1-4H;1-4H,8H2;1-5H,(H2,7,8,9). The number of nitrogens with one attached hydrogen (secondary N) is 3. The Kier molecular flexibility index (Phi) is 19.7. The van der Waals surface area contributed by atoms with E-state index in [1.165, 1.54) is 84.9 Å². The number of hydrogen-bond donors (Lipinski definition) is 5. The molecule has 25 heteroatoms. The van der Waals surface area contributed by atoms with Crippen LogP contribution in [-0.2, 0) is 30.1 Å². The highest BCUT2D eigenvalue weighted by atomic mass is 35.5. The topological polar surface area (TPSA) is 268 Å². The summed E-state index contributed by atoms with van der Waals surface area (Å²) in [5.41, 5.74) is 10.2. The quantitative estimate of drug-likeness (QED) is 0.0842. The fourth-order valence-electron chi connectivity index (χ4n) is 6.47. The zero-order valence-corrected chi connectivity index (χ0v) is 45.3. The summed E-state index contributed by atoms with van der Waals surface area (Å²) in [4.78, 5) is 25.7. The summed E-state index contributed by atoms with van der Waals surface area (Å²) in [5.74, 6) is -0.352. The van der Waals surface area contributed by atoms with Crippen LogP contribution in [0.2, 0.25) is 15.5 Å². The lowest BCUT2D eigenvalue weighted by Gasteiger charge is -2.14. The van der Waals surface area contributed by atoms with Gasteiger partial charge in [-0.25, -0.2) is 69.1 Å². The number of fused-ring (bicyclic) bond motifs is 3. The smallest absolute Gasteiger partial charge is 0.263 e. The van der Waals surface area contributed by atoms with Crippen molar-refractivity contribution in [3.8, 4) is 0 Å². The van der Waals surface area contributed by atoms with Crippen LogP contribution in [0.3, 0.4) is 0 Å². The van der Waals surface area contributed by atoms with Crippen molar-refractivity contribution in [2.45, 2.75) is 14.7 Å². The first kappa shape index (κ1) is 58.2. The van der Waals surface area contributed by atoms with Crippen molar-refractivity contribution in [1.29, 1.82) is 0 Å². The lowest BCUT2D eigenvalue weighted by Crippen LogP contribution is -2.16. The van der Waals surface area contributed by atoms with Crippen LogP contribution in [0.4, 0.5) is 37.6 Å². The Morgan fingerprint density at radius 1 is 0.354 bits per heavy atom. The van der Waals surface area contributed by atoms with Gasteiger partial charge in [-0.2, -0.15) is 0 Å². The van der Waals surface area contributed by atoms with Crippen LogP contribution in [0.5, 0.6) is 0 Å². The van der Waals surface area contributed by atoms with Gasteiger partial charge in [0.1, 0.15) is 11.6 Å². The highest BCUT2D eigenvalue weighted by molar-refractivity contribution is 7.93. The minimum atomic E-state index is -3.86. The number of para-hydroxylation sites is 6. The molecular weight excluding hydrogens is 1140 g/mol. The third-order valence-electron chi connectivity index (χ3n) is 10.2. The van der Waals surface area contributed by atoms with Gasteiger partial charge in [0.05, 0.1) is 47.8 Å². The summed E-state index contributed by atoms with van der Waals surface area (Å²) in [6, 6.07) is 56.9. The molecule has 402 valence electrons. The molecule has 0 fully saturated rings. The van der Waals surface area contributed by atoms with Gasteiger partial charge in [-0.15, -0.1) is 0 Å². The second-order valence-electron chi connectivity index (χ2n) is 15.9. The molecular formula is C54H42Cl3F2N11O6S3. The SMILES string of the molecule is Clc1nc2ccccc2nc1Cl.NS(=O)(=O)c1ccccc1.Nc1ccc(F)cc1.O=S(=O)(Nc1nc2ccccc2nc1Cl)c1ccccc1.O=S(=O)(Nc1nc2ccccc2nc1Nc1ccc(F)cc1)c1ccccc1. The first-order valence-electron chi connectivity index (χ1n) is 22.8. The summed E-state index contributed by atoms with van der Waals surface area (Å²) in [7, 11) is -11.1. The van der Waals surface area contributed by atoms with E-state index < -0.39 is 30.1 Å². The first-order valence-corrected chi connectivity index (χ1v) is 28.4. The molecule has 7 N–H and O–H groups in total. The van der Waals surface area contributed by atoms with E-state index in [0.717, 1.165) is 11.0 Å². The maximum Gasteiger partial charge on any atom is 0.263 e. The zero-order chi connectivity index (χ0) is 56.6. The number of primary sulfonamides is 1. The Hall–Kier alpha value is -8.48. The molecule has 0 aliphatic heterocycles. The fourth-order valence-corrected chi connectivity index (χ4v) is 9.57. The predicted octanol–water partition coefficient (Wildman–Crippen LogP) is 12.1. The van der Waals surface area contributed by atoms with E-state index in [4.69, 9.17) is 45.7 Å². The number of hydrogen-bond acceptors (Lipinski definition) is 14. The molecule has 0 bridgehead atoms. The molecule has 0 spiro atoms. The summed E-state index contributed by atoms with van der Waals surface area (Å²) < 4.78 is 101. The Bertz CT molecular complexity index is 4140. The average molecular weight is 1180 g/mol. The summed E-state index contributed by atoms with van der Waals surface area (Å²) in [6.45, 7) is 0. The van der Waals surface area contributed by atoms with E-state index in [0.29, 0.717) is 33.4 Å². The molecule has 0 saturated carbocycles. The van der Waals surface area contributed by atoms with Gasteiger partial charge >= 0.3 is 0 Å². The normalized spacial score (nSPS) is 11.0. The van der Waals surface area contributed by atoms with Crippen LogP contribution in [-0.4, -0.2) is 55.2 Å². The van der Waals surface area contributed by atoms with Crippen LogP contribution in [0.25, 0.3) is 33.1 Å². The maximum absolute atomic E-state index is 13.2. The molecule has 79 heavy (non-hydrogen) atoms. The van der Waals surface area contributed by atoms with Gasteiger partial charge in [0, 0.05) is 11.4 Å². The number of nitrogens with zero attached hydrogens (tertiary/aromatic N) is 6. The summed E-state index contributed by atoms with van der Waals surface area (Å²) in [5, 5.41) is 8.33. The van der Waals surface area contributed by atoms with Crippen molar-refractivity contribution in [2.75, 3.05) is 20.5 Å². The monoisotopic (exact) mass is 1180 g/mol. The van der Waals surface area contributed by atoms with E-state index in [2.05, 4.69) is 44.7 Å². The molecule has 3 aromatic heterocycles. The molecule has 0 aliphatic rings. The second kappa shape index (κ2) is 26.7. The molecule has 17 nitrogen and oxygen atoms in total. The molecule has 0 aliphatic carbocycles. The van der Waals surface area contributed by atoms with Gasteiger partial charge in [0.15, 0.2) is 32.9 Å². The van der Waals surface area contributed by atoms with Crippen LogP contribution >= 0.6 is 34.8 Å². The minimum Gasteiger partial charge on any atom is -0.399 e. The van der Waals surface area contributed by atoms with Gasteiger partial charge in [-0.05, 0) is 121 Å². The Labute approximate surface area is 467 Å². The molecule has 11 aromatic rings. The number of benzene rings is 8. The van der Waals surface area contributed by atoms with Crippen molar-refractivity contribution in [3.05, 3.63) is 239 Å². The lowest BCUT2D eigenvalue weighted by molar-refractivity contribution is 0.596. The Balaban J connectivity index is 0.000000155. The van der Waals surface area contributed by atoms with E-state index in [-0.39, 0.29) is 59.2 Å². The number of sulfonamides is 3. The Morgan fingerprint density at radius 3 is 1.03 bits per heavy atom. The highest BCUT2D eigenvalue weighted by Gasteiger charge is 2.20. The number of aromatic nitrogens is 6. The van der Waals surface area contributed by atoms with Crippen molar-refractivity contribution in [1.82, 2.24) is 29.9 Å². The van der Waals surface area contributed by atoms with Gasteiger partial charge in [-0.1, -0.05) is 126 Å². The largest absolute Gasteiger partial charge is 0.399 e. The van der Waals surface area contributed by atoms with Crippen LogP contribution in [0.1, 0.15) is 0 Å². The maximum atomic E-state index is 13.2. The van der Waals surface area contributed by atoms with Crippen LogP contribution < -0.4 is 25.6 Å². The van der Waals surface area contributed by atoms with Crippen molar-refractivity contribution in [3.63, 3.8) is 0 Å². The zero-order valence-electron chi connectivity index (χ0n) is 40.6. The number of nitrogen functional groups attached to an aromatic ring is 1. The third kappa shape index (κ3) is 17.0. The highest BCUT2D eigenvalue weighted by Crippen LogP contribution is 2.28. The average Bonchev–Trinajstić information content (AvgIpc) is 3.45. The van der Waals surface area contributed by atoms with E-state index in [1.54, 1.807) is 97.1 Å². The molecule has 3 heterocycles. The molecule has 0 radical (unpaired) electrons. The van der Waals surface area contributed by atoms with E-state index >= 15 is 0 Å². The van der Waals surface area contributed by atoms with Gasteiger partial charge in [0.25, 0.3) is 20.0 Å². The fraction of sp³-hybridized carbons (Fsp3) is 0.